The molecule has 1 aliphatic rings. The lowest BCUT2D eigenvalue weighted by Gasteiger charge is -2.15. The van der Waals surface area contributed by atoms with Crippen LogP contribution in [0.1, 0.15) is 89.5 Å². The second-order valence-corrected chi connectivity index (χ2v) is 8.10. The first-order valence-corrected chi connectivity index (χ1v) is 11.0. The molecule has 0 radical (unpaired) electrons. The van der Waals surface area contributed by atoms with Crippen molar-refractivity contribution in [2.24, 2.45) is 0 Å². The largest absolute Gasteiger partial charge is 0.465 e. The van der Waals surface area contributed by atoms with Gasteiger partial charge in [-0.3, -0.25) is 4.79 Å². The Morgan fingerprint density at radius 1 is 0.893 bits per heavy atom. The number of carboxylic acid groups (broad SMARTS) is 1. The molecule has 0 saturated heterocycles. The molecular formula is C23H36N2O3. The van der Waals surface area contributed by atoms with Crippen molar-refractivity contribution in [3.63, 3.8) is 0 Å². The highest BCUT2D eigenvalue weighted by molar-refractivity contribution is 6.02. The lowest BCUT2D eigenvalue weighted by Crippen LogP contribution is -2.45. The van der Waals surface area contributed by atoms with Crippen molar-refractivity contribution in [1.29, 1.82) is 0 Å². The Kier molecular flexibility index (Phi) is 9.32. The zero-order chi connectivity index (χ0) is 20.2. The number of nitrogens with one attached hydrogen (secondary N) is 2. The minimum Gasteiger partial charge on any atom is -0.465 e. The molecule has 0 heterocycles. The lowest BCUT2D eigenvalue weighted by molar-refractivity contribution is -0.119. The number of hydrogen-bond acceptors (Lipinski definition) is 2. The molecule has 28 heavy (non-hydrogen) atoms. The fourth-order valence-corrected chi connectivity index (χ4v) is 3.56. The third kappa shape index (κ3) is 7.91. The first kappa shape index (κ1) is 22.3. The first-order valence-electron chi connectivity index (χ1n) is 11.0. The van der Waals surface area contributed by atoms with Gasteiger partial charge in [-0.25, -0.2) is 4.79 Å². The summed E-state index contributed by atoms with van der Waals surface area (Å²) in [4.78, 5) is 23.1. The summed E-state index contributed by atoms with van der Waals surface area (Å²) >= 11 is 0. The van der Waals surface area contributed by atoms with Gasteiger partial charge in [0.05, 0.1) is 0 Å². The summed E-state index contributed by atoms with van der Waals surface area (Å²) in [7, 11) is 0. The highest BCUT2D eigenvalue weighted by atomic mass is 16.4. The molecule has 5 nitrogen and oxygen atoms in total. The number of hydrogen-bond donors (Lipinski definition) is 3. The van der Waals surface area contributed by atoms with Crippen LogP contribution >= 0.6 is 0 Å². The Hall–Kier alpha value is -2.04. The van der Waals surface area contributed by atoms with E-state index in [1.807, 2.05) is 24.3 Å². The van der Waals surface area contributed by atoms with Gasteiger partial charge in [0.25, 0.3) is 0 Å². The SMILES string of the molecule is CCCCCCCCCCCCc1ccc(NC(=O)C2(NC(=O)O)CC2)cc1. The fraction of sp³-hybridized carbons (Fsp3) is 0.652. The molecule has 1 saturated carbocycles. The molecule has 0 bridgehead atoms. The van der Waals surface area contributed by atoms with E-state index in [-0.39, 0.29) is 5.91 Å². The number of unbranched alkanes of at least 4 members (excludes halogenated alkanes) is 9. The quantitative estimate of drug-likeness (QED) is 0.348. The fourth-order valence-electron chi connectivity index (χ4n) is 3.56. The Morgan fingerprint density at radius 2 is 1.43 bits per heavy atom. The molecule has 3 N–H and O–H groups in total. The highest BCUT2D eigenvalue weighted by Gasteiger charge is 2.51. The minimum atomic E-state index is -1.15. The van der Waals surface area contributed by atoms with Gasteiger partial charge < -0.3 is 15.7 Å². The van der Waals surface area contributed by atoms with Gasteiger partial charge in [-0.1, -0.05) is 76.8 Å². The summed E-state index contributed by atoms with van der Waals surface area (Å²) in [6.45, 7) is 2.26. The summed E-state index contributed by atoms with van der Waals surface area (Å²) in [5.41, 5.74) is 1.07. The smallest absolute Gasteiger partial charge is 0.405 e. The summed E-state index contributed by atoms with van der Waals surface area (Å²) in [6, 6.07) is 7.90. The van der Waals surface area contributed by atoms with E-state index in [0.717, 1.165) is 12.1 Å². The van der Waals surface area contributed by atoms with Crippen molar-refractivity contribution in [3.05, 3.63) is 29.8 Å². The Balaban J connectivity index is 1.57. The molecular weight excluding hydrogens is 352 g/mol. The predicted octanol–water partition coefficient (Wildman–Crippen LogP) is 5.89. The van der Waals surface area contributed by atoms with E-state index in [9.17, 15) is 9.59 Å². The van der Waals surface area contributed by atoms with Crippen LogP contribution in [0.3, 0.4) is 0 Å². The van der Waals surface area contributed by atoms with Crippen LogP contribution in [0.25, 0.3) is 0 Å². The summed E-state index contributed by atoms with van der Waals surface area (Å²) < 4.78 is 0. The van der Waals surface area contributed by atoms with E-state index in [2.05, 4.69) is 17.6 Å². The van der Waals surface area contributed by atoms with Crippen LogP contribution in [0, 0.1) is 0 Å². The number of anilines is 1. The second-order valence-electron chi connectivity index (χ2n) is 8.10. The van der Waals surface area contributed by atoms with E-state index in [1.165, 1.54) is 69.8 Å². The Morgan fingerprint density at radius 3 is 1.93 bits per heavy atom. The zero-order valence-corrected chi connectivity index (χ0v) is 17.3. The van der Waals surface area contributed by atoms with Gasteiger partial charge in [0, 0.05) is 5.69 Å². The van der Waals surface area contributed by atoms with E-state index >= 15 is 0 Å². The normalized spacial score (nSPS) is 14.5. The maximum atomic E-state index is 12.3. The number of benzene rings is 1. The van der Waals surface area contributed by atoms with Crippen LogP contribution in [-0.4, -0.2) is 22.6 Å². The monoisotopic (exact) mass is 388 g/mol. The van der Waals surface area contributed by atoms with Gasteiger partial charge in [0.2, 0.25) is 5.91 Å². The van der Waals surface area contributed by atoms with Crippen LogP contribution in [-0.2, 0) is 11.2 Å². The van der Waals surface area contributed by atoms with Crippen molar-refractivity contribution >= 4 is 17.7 Å². The van der Waals surface area contributed by atoms with Crippen molar-refractivity contribution < 1.29 is 14.7 Å². The van der Waals surface area contributed by atoms with Crippen molar-refractivity contribution in [2.75, 3.05) is 5.32 Å². The number of carbonyl (C=O) groups excluding carboxylic acids is 1. The number of aryl methyl sites for hydroxylation is 1. The van der Waals surface area contributed by atoms with Gasteiger partial charge >= 0.3 is 6.09 Å². The van der Waals surface area contributed by atoms with Crippen LogP contribution in [0.4, 0.5) is 10.5 Å². The van der Waals surface area contributed by atoms with E-state index in [4.69, 9.17) is 5.11 Å². The summed E-state index contributed by atoms with van der Waals surface area (Å²) in [5, 5.41) is 14.0. The Bertz CT molecular complexity index is 609. The van der Waals surface area contributed by atoms with Gasteiger partial charge in [0.1, 0.15) is 5.54 Å². The summed E-state index contributed by atoms with van der Waals surface area (Å²) in [6.07, 6.45) is 14.4. The van der Waals surface area contributed by atoms with Crippen LogP contribution in [0.15, 0.2) is 24.3 Å². The molecule has 1 aromatic rings. The molecule has 0 atom stereocenters. The van der Waals surface area contributed by atoms with Crippen LogP contribution in [0.2, 0.25) is 0 Å². The van der Waals surface area contributed by atoms with Crippen molar-refractivity contribution in [3.8, 4) is 0 Å². The van der Waals surface area contributed by atoms with Gasteiger partial charge in [-0.05, 0) is 43.4 Å². The molecule has 1 fully saturated rings. The number of carbonyl (C=O) groups is 2. The molecule has 156 valence electrons. The molecule has 0 aromatic heterocycles. The molecule has 0 unspecified atom stereocenters. The maximum Gasteiger partial charge on any atom is 0.405 e. The molecule has 2 rings (SSSR count). The standard InChI is InChI=1S/C23H36N2O3/c1-2-3-4-5-6-7-8-9-10-11-12-19-13-15-20(16-14-19)24-21(26)23(17-18-23)25-22(27)28/h13-16,25H,2-12,17-18H2,1H3,(H,24,26)(H,27,28). The summed E-state index contributed by atoms with van der Waals surface area (Å²) in [5.74, 6) is -0.266. The first-order chi connectivity index (χ1) is 13.6. The van der Waals surface area contributed by atoms with Crippen molar-refractivity contribution in [1.82, 2.24) is 5.32 Å². The molecule has 1 aromatic carbocycles. The van der Waals surface area contributed by atoms with Crippen LogP contribution in [0.5, 0.6) is 0 Å². The molecule has 0 aliphatic heterocycles. The third-order valence-corrected chi connectivity index (χ3v) is 5.56. The Labute approximate surface area is 169 Å². The average molecular weight is 389 g/mol. The molecule has 5 heteroatoms. The maximum absolute atomic E-state index is 12.3. The molecule has 1 aliphatic carbocycles. The third-order valence-electron chi connectivity index (χ3n) is 5.56. The topological polar surface area (TPSA) is 78.4 Å². The highest BCUT2D eigenvalue weighted by Crippen LogP contribution is 2.36. The van der Waals surface area contributed by atoms with Gasteiger partial charge in [-0.2, -0.15) is 0 Å². The average Bonchev–Trinajstić information content (AvgIpc) is 3.44. The minimum absolute atomic E-state index is 0.266. The predicted molar refractivity (Wildman–Crippen MR) is 114 cm³/mol. The molecule has 2 amide bonds. The van der Waals surface area contributed by atoms with E-state index < -0.39 is 11.6 Å². The van der Waals surface area contributed by atoms with Crippen molar-refractivity contribution in [2.45, 2.75) is 95.9 Å². The second kappa shape index (κ2) is 11.7. The van der Waals surface area contributed by atoms with Crippen LogP contribution < -0.4 is 10.6 Å². The lowest BCUT2D eigenvalue weighted by atomic mass is 10.0. The number of rotatable bonds is 14. The van der Waals surface area contributed by atoms with Gasteiger partial charge in [-0.15, -0.1) is 0 Å². The van der Waals surface area contributed by atoms with E-state index in [1.54, 1.807) is 0 Å². The van der Waals surface area contributed by atoms with Gasteiger partial charge in [0.15, 0.2) is 0 Å². The van der Waals surface area contributed by atoms with E-state index in [0.29, 0.717) is 12.8 Å². The molecule has 0 spiro atoms. The zero-order valence-electron chi connectivity index (χ0n) is 17.3. The number of amides is 2.